The molecule has 85 heavy (non-hydrogen) atoms. The molecule has 4 amide bonds. The summed E-state index contributed by atoms with van der Waals surface area (Å²) in [5.74, 6) is -3.98. The molecular formula is C62H89N7O16. The van der Waals surface area contributed by atoms with Crippen molar-refractivity contribution >= 4 is 59.2 Å². The predicted molar refractivity (Wildman–Crippen MR) is 326 cm³/mol. The number of aliphatic imine (C=N–C) groups is 2. The molecule has 2 heterocycles. The number of allylic oxidation sites excluding steroid dienone is 4. The summed E-state index contributed by atoms with van der Waals surface area (Å²) in [6, 6.07) is 2.44. The van der Waals surface area contributed by atoms with E-state index < -0.39 is 84.7 Å². The lowest BCUT2D eigenvalue weighted by atomic mass is 9.87. The fourth-order valence-electron chi connectivity index (χ4n) is 10.2. The lowest BCUT2D eigenvalue weighted by Gasteiger charge is -2.29. The highest BCUT2D eigenvalue weighted by molar-refractivity contribution is 6.05. The molecule has 468 valence electrons. The Bertz CT molecular complexity index is 2690. The van der Waals surface area contributed by atoms with Crippen molar-refractivity contribution in [3.63, 3.8) is 0 Å². The Morgan fingerprint density at radius 3 is 1.32 bits per heavy atom. The van der Waals surface area contributed by atoms with Gasteiger partial charge in [-0.15, -0.1) is 0 Å². The molecule has 0 fully saturated rings. The number of hydrogen-bond donors (Lipinski definition) is 11. The van der Waals surface area contributed by atoms with Crippen LogP contribution in [0.25, 0.3) is 0 Å². The summed E-state index contributed by atoms with van der Waals surface area (Å²) >= 11 is 0. The molecule has 0 spiro atoms. The van der Waals surface area contributed by atoms with Crippen molar-refractivity contribution in [2.24, 2.45) is 45.1 Å². The van der Waals surface area contributed by atoms with Crippen LogP contribution in [0.5, 0.6) is 23.0 Å². The van der Waals surface area contributed by atoms with Crippen LogP contribution in [0.1, 0.15) is 92.2 Å². The number of nitrogens with two attached hydrogens (primary N) is 2. The Labute approximate surface area is 498 Å². The number of nitrogens with zero attached hydrogens (tertiary/aromatic N) is 2. The van der Waals surface area contributed by atoms with Crippen LogP contribution in [-0.2, 0) is 50.9 Å². The number of carbonyl (C=O) groups excluding carboxylic acids is 4. The number of phenolic OH excluding ortho intramolecular Hbond substituents is 4. The highest BCUT2D eigenvalue weighted by atomic mass is 16.6. The van der Waals surface area contributed by atoms with Crippen LogP contribution in [0, 0.1) is 23.7 Å². The molecule has 0 radical (unpaired) electrons. The van der Waals surface area contributed by atoms with E-state index in [9.17, 15) is 49.8 Å². The molecule has 0 aliphatic carbocycles. The number of nitrogens with one attached hydrogen (secondary N) is 3. The quantitative estimate of drug-likeness (QED) is 0.0281. The standard InChI is InChI=1S/C62H89N7O16/c1-33-25-41-51(45(70)31-43(55(41)74)68-59(76)35(3)17-13-19-47(80-9)57(84-61(63)78)39(7)29-37(5)53(72)49(27-33)82-11)66-23-15-21-65-22-16-24-67-52-42-26-34(2)28-50(83-12)54(73)38(6)30-40(8)58(85-62(64)79)48(81-10)20-14-18-36(4)60(77)69-44(56(42)75)32-46(52)71/h13-14,17-20,23-24,29-34,37-38,47-50,53-54,57-58,65,70-75H,15-16,21-22,25-28H2,1-12H3,(H2,63,78)(H2,64,79)(H,68,76)(H,69,77). The van der Waals surface area contributed by atoms with E-state index in [0.29, 0.717) is 49.9 Å². The Balaban J connectivity index is 1.57. The van der Waals surface area contributed by atoms with Crippen LogP contribution in [0.2, 0.25) is 0 Å². The summed E-state index contributed by atoms with van der Waals surface area (Å²) in [5, 5.41) is 78.2. The number of fused-ring (bicyclic) bond motifs is 4. The number of benzene rings is 2. The predicted octanol–water partition coefficient (Wildman–Crippen LogP) is 7.90. The zero-order valence-electron chi connectivity index (χ0n) is 50.8. The van der Waals surface area contributed by atoms with Gasteiger partial charge in [-0.3, -0.25) is 19.6 Å². The average Bonchev–Trinajstić information content (AvgIpc) is 2.79. The smallest absolute Gasteiger partial charge is 0.405 e. The molecule has 4 bridgehead atoms. The first-order valence-electron chi connectivity index (χ1n) is 28.3. The van der Waals surface area contributed by atoms with Crippen molar-refractivity contribution in [1.82, 2.24) is 5.32 Å². The summed E-state index contributed by atoms with van der Waals surface area (Å²) in [6.45, 7) is 14.8. The van der Waals surface area contributed by atoms with Crippen LogP contribution in [0.3, 0.4) is 0 Å². The summed E-state index contributed by atoms with van der Waals surface area (Å²) < 4.78 is 33.7. The van der Waals surface area contributed by atoms with E-state index in [-0.39, 0.29) is 92.7 Å². The molecule has 0 saturated heterocycles. The van der Waals surface area contributed by atoms with E-state index in [1.807, 2.05) is 13.8 Å². The van der Waals surface area contributed by atoms with Gasteiger partial charge in [0.1, 0.15) is 46.6 Å². The third-order valence-corrected chi connectivity index (χ3v) is 14.9. The van der Waals surface area contributed by atoms with E-state index in [1.54, 1.807) is 90.4 Å². The lowest BCUT2D eigenvalue weighted by molar-refractivity contribution is -0.113. The first kappa shape index (κ1) is 70.1. The summed E-state index contributed by atoms with van der Waals surface area (Å²) in [7, 11) is 5.80. The van der Waals surface area contributed by atoms with Crippen molar-refractivity contribution < 1.29 is 78.2 Å². The molecule has 2 aliphatic rings. The highest BCUT2D eigenvalue weighted by Gasteiger charge is 2.33. The second kappa shape index (κ2) is 33.9. The SMILES string of the molecule is COC1C=CC=C(C)C(=O)Nc2cc(O)c(N=CCCNCCC=Nc3c(O)cc4c(O)c3CC(C)CC(OC)C(O)C(C)C=C(C)C(OC(N)=O)C(OC)C=CC=C(C)C(=O)N4)c(c2O)CC(C)CC(OC)C(O)C(C)C=C(C)C1OC(N)=O. The maximum Gasteiger partial charge on any atom is 0.405 e. The second-order valence-corrected chi connectivity index (χ2v) is 21.8. The minimum Gasteiger partial charge on any atom is -0.506 e. The number of anilines is 2. The molecule has 4 rings (SSSR count). The van der Waals surface area contributed by atoms with Gasteiger partial charge < -0.3 is 86.5 Å². The van der Waals surface area contributed by atoms with Gasteiger partial charge in [-0.05, 0) is 89.2 Å². The number of hydrogen-bond acceptors (Lipinski definition) is 19. The minimum absolute atomic E-state index is 0.0571. The van der Waals surface area contributed by atoms with Gasteiger partial charge >= 0.3 is 12.2 Å². The number of aromatic hydroxyl groups is 4. The van der Waals surface area contributed by atoms with Gasteiger partial charge in [0.2, 0.25) is 0 Å². The van der Waals surface area contributed by atoms with Crippen LogP contribution in [-0.4, -0.2) is 157 Å². The van der Waals surface area contributed by atoms with Crippen molar-refractivity contribution in [3.8, 4) is 23.0 Å². The van der Waals surface area contributed by atoms with Gasteiger partial charge in [-0.2, -0.15) is 0 Å². The highest BCUT2D eigenvalue weighted by Crippen LogP contribution is 2.46. The fourth-order valence-corrected chi connectivity index (χ4v) is 10.2. The van der Waals surface area contributed by atoms with E-state index in [2.05, 4.69) is 25.9 Å². The molecule has 0 aromatic heterocycles. The molecule has 23 nitrogen and oxygen atoms in total. The lowest BCUT2D eigenvalue weighted by Crippen LogP contribution is -2.37. The Kier molecular flexibility index (Phi) is 28.0. The van der Waals surface area contributed by atoms with Gasteiger partial charge in [-0.1, -0.05) is 76.3 Å². The number of amides is 4. The van der Waals surface area contributed by atoms with Crippen molar-refractivity contribution in [2.75, 3.05) is 52.2 Å². The maximum atomic E-state index is 13.5. The number of rotatable bonds is 14. The van der Waals surface area contributed by atoms with Gasteiger partial charge in [0.05, 0.1) is 35.8 Å². The maximum absolute atomic E-state index is 13.5. The van der Waals surface area contributed by atoms with E-state index in [4.69, 9.17) is 39.9 Å². The Morgan fingerprint density at radius 1 is 0.624 bits per heavy atom. The van der Waals surface area contributed by atoms with E-state index in [0.717, 1.165) is 0 Å². The average molecular weight is 1190 g/mol. The normalized spacial score (nSPS) is 26.5. The Morgan fingerprint density at radius 2 is 0.988 bits per heavy atom. The topological polar surface area (TPSA) is 358 Å². The summed E-state index contributed by atoms with van der Waals surface area (Å²) in [5.41, 5.74) is 13.0. The van der Waals surface area contributed by atoms with Crippen LogP contribution < -0.4 is 27.4 Å². The molecule has 2 aliphatic heterocycles. The van der Waals surface area contributed by atoms with Crippen molar-refractivity contribution in [1.29, 1.82) is 0 Å². The minimum atomic E-state index is -1.04. The number of phenols is 4. The summed E-state index contributed by atoms with van der Waals surface area (Å²) in [6.07, 6.45) is 8.43. The van der Waals surface area contributed by atoms with Gasteiger partial charge in [0.15, 0.2) is 12.2 Å². The summed E-state index contributed by atoms with van der Waals surface area (Å²) in [4.78, 5) is 60.1. The second-order valence-electron chi connectivity index (χ2n) is 21.8. The third-order valence-electron chi connectivity index (χ3n) is 14.9. The van der Waals surface area contributed by atoms with E-state index >= 15 is 0 Å². The molecular weight excluding hydrogens is 1100 g/mol. The molecule has 2 aromatic carbocycles. The zero-order chi connectivity index (χ0) is 63.2. The molecule has 13 N–H and O–H groups in total. The number of carbonyl (C=O) groups is 4. The van der Waals surface area contributed by atoms with Crippen molar-refractivity contribution in [3.05, 3.63) is 94.2 Å². The van der Waals surface area contributed by atoms with Crippen LogP contribution >= 0.6 is 0 Å². The van der Waals surface area contributed by atoms with Gasteiger partial charge in [0, 0.05) is 100 Å². The molecule has 12 atom stereocenters. The molecule has 2 aromatic rings. The molecule has 23 heteroatoms. The van der Waals surface area contributed by atoms with Gasteiger partial charge in [0.25, 0.3) is 11.8 Å². The third kappa shape index (κ3) is 20.4. The van der Waals surface area contributed by atoms with Crippen LogP contribution in [0.15, 0.2) is 93.0 Å². The number of ether oxygens (including phenoxy) is 6. The van der Waals surface area contributed by atoms with Gasteiger partial charge in [-0.25, -0.2) is 9.59 Å². The Hall–Kier alpha value is -7.38. The van der Waals surface area contributed by atoms with Crippen molar-refractivity contribution in [2.45, 2.75) is 143 Å². The molecule has 12 unspecified atom stereocenters. The fraction of sp³-hybridized carbons (Fsp3) is 0.516. The monoisotopic (exact) mass is 1190 g/mol. The first-order valence-corrected chi connectivity index (χ1v) is 28.3. The largest absolute Gasteiger partial charge is 0.506 e. The zero-order valence-corrected chi connectivity index (χ0v) is 50.8. The molecule has 0 saturated carbocycles. The van der Waals surface area contributed by atoms with E-state index in [1.165, 1.54) is 52.7 Å². The number of primary amides is 2. The number of methoxy groups -OCH3 is 4. The number of aliphatic hydroxyl groups is 2. The number of aliphatic hydroxyl groups excluding tert-OH is 2. The first-order chi connectivity index (χ1) is 40.3. The van der Waals surface area contributed by atoms with Crippen LogP contribution in [0.4, 0.5) is 32.3 Å².